The molecule has 1 amide bonds. The highest BCUT2D eigenvalue weighted by atomic mass is 16.3. The van der Waals surface area contributed by atoms with Crippen LogP contribution in [0.1, 0.15) is 149 Å². The average molecular weight is 468 g/mol. The lowest BCUT2D eigenvalue weighted by Gasteiger charge is -2.20. The predicted octanol–water partition coefficient (Wildman–Crippen LogP) is 7.61. The van der Waals surface area contributed by atoms with Crippen molar-refractivity contribution in [3.05, 3.63) is 12.2 Å². The number of aliphatic hydroxyl groups excluding tert-OH is 2. The van der Waals surface area contributed by atoms with Crippen molar-refractivity contribution in [1.82, 2.24) is 5.32 Å². The van der Waals surface area contributed by atoms with Crippen molar-refractivity contribution in [2.24, 2.45) is 0 Å². The Bertz CT molecular complexity index is 439. The molecule has 0 aliphatic rings. The van der Waals surface area contributed by atoms with E-state index in [1.54, 1.807) is 6.08 Å². The van der Waals surface area contributed by atoms with Crippen LogP contribution in [0.3, 0.4) is 0 Å². The van der Waals surface area contributed by atoms with Crippen molar-refractivity contribution in [3.8, 4) is 0 Å². The first-order valence-electron chi connectivity index (χ1n) is 14.4. The topological polar surface area (TPSA) is 69.6 Å². The van der Waals surface area contributed by atoms with E-state index in [-0.39, 0.29) is 12.5 Å². The lowest BCUT2D eigenvalue weighted by molar-refractivity contribution is -0.123. The fourth-order valence-corrected chi connectivity index (χ4v) is 4.23. The van der Waals surface area contributed by atoms with Crippen LogP contribution in [-0.2, 0) is 4.79 Å². The fourth-order valence-electron chi connectivity index (χ4n) is 4.23. The monoisotopic (exact) mass is 467 g/mol. The summed E-state index contributed by atoms with van der Waals surface area (Å²) in [6, 6.07) is -0.611. The number of hydrogen-bond acceptors (Lipinski definition) is 3. The van der Waals surface area contributed by atoms with Crippen LogP contribution in [0.4, 0.5) is 0 Å². The summed E-state index contributed by atoms with van der Waals surface area (Å²) in [4.78, 5) is 12.2. The van der Waals surface area contributed by atoms with E-state index in [0.29, 0.717) is 6.42 Å². The molecule has 4 nitrogen and oxygen atoms in total. The van der Waals surface area contributed by atoms with Crippen LogP contribution in [-0.4, -0.2) is 34.9 Å². The number of carbonyl (C=O) groups is 1. The van der Waals surface area contributed by atoms with Gasteiger partial charge in [0.05, 0.1) is 18.8 Å². The number of allylic oxidation sites excluding steroid dienone is 1. The molecule has 0 spiro atoms. The van der Waals surface area contributed by atoms with Gasteiger partial charge in [-0.05, 0) is 19.3 Å². The quantitative estimate of drug-likeness (QED) is 0.0955. The van der Waals surface area contributed by atoms with E-state index in [0.717, 1.165) is 25.7 Å². The first-order valence-corrected chi connectivity index (χ1v) is 14.4. The first kappa shape index (κ1) is 32.1. The number of rotatable bonds is 25. The van der Waals surface area contributed by atoms with Gasteiger partial charge in [-0.25, -0.2) is 0 Å². The minimum atomic E-state index is -0.828. The minimum absolute atomic E-state index is 0.0690. The zero-order valence-corrected chi connectivity index (χ0v) is 22.2. The van der Waals surface area contributed by atoms with Gasteiger partial charge >= 0.3 is 0 Å². The second-order valence-electron chi connectivity index (χ2n) is 9.82. The molecule has 0 aromatic carbocycles. The molecule has 0 aromatic rings. The molecule has 0 unspecified atom stereocenters. The van der Waals surface area contributed by atoms with E-state index in [1.807, 2.05) is 6.08 Å². The fraction of sp³-hybridized carbons (Fsp3) is 0.897. The van der Waals surface area contributed by atoms with E-state index in [4.69, 9.17) is 0 Å². The third kappa shape index (κ3) is 22.7. The third-order valence-electron chi connectivity index (χ3n) is 6.52. The van der Waals surface area contributed by atoms with Crippen molar-refractivity contribution >= 4 is 5.91 Å². The van der Waals surface area contributed by atoms with Gasteiger partial charge in [0.15, 0.2) is 0 Å². The Morgan fingerprint density at radius 1 is 0.697 bits per heavy atom. The van der Waals surface area contributed by atoms with Crippen LogP contribution < -0.4 is 5.32 Å². The van der Waals surface area contributed by atoms with Crippen molar-refractivity contribution in [2.75, 3.05) is 6.61 Å². The molecular weight excluding hydrogens is 410 g/mol. The predicted molar refractivity (Wildman–Crippen MR) is 142 cm³/mol. The number of hydrogen-bond donors (Lipinski definition) is 3. The molecule has 0 radical (unpaired) electrons. The van der Waals surface area contributed by atoms with Crippen LogP contribution >= 0.6 is 0 Å². The summed E-state index contributed by atoms with van der Waals surface area (Å²) in [5, 5.41) is 22.6. The molecule has 3 N–H and O–H groups in total. The molecule has 0 fully saturated rings. The maximum atomic E-state index is 12.2. The molecule has 2 atom stereocenters. The maximum Gasteiger partial charge on any atom is 0.220 e. The highest BCUT2D eigenvalue weighted by Crippen LogP contribution is 2.12. The number of aliphatic hydroxyl groups is 2. The second kappa shape index (κ2) is 25.7. The van der Waals surface area contributed by atoms with Gasteiger partial charge in [0, 0.05) is 6.42 Å². The molecule has 33 heavy (non-hydrogen) atoms. The molecule has 196 valence electrons. The van der Waals surface area contributed by atoms with E-state index >= 15 is 0 Å². The van der Waals surface area contributed by atoms with Crippen LogP contribution in [0.15, 0.2) is 12.2 Å². The van der Waals surface area contributed by atoms with Gasteiger partial charge in [0.1, 0.15) is 0 Å². The highest BCUT2D eigenvalue weighted by molar-refractivity contribution is 5.76. The Kier molecular flexibility index (Phi) is 25.1. The molecule has 0 bridgehead atoms. The van der Waals surface area contributed by atoms with Crippen LogP contribution in [0, 0.1) is 0 Å². The zero-order valence-electron chi connectivity index (χ0n) is 22.2. The van der Waals surface area contributed by atoms with Crippen molar-refractivity contribution in [2.45, 2.75) is 161 Å². The van der Waals surface area contributed by atoms with E-state index in [2.05, 4.69) is 19.2 Å². The normalized spacial score (nSPS) is 13.5. The van der Waals surface area contributed by atoms with Crippen molar-refractivity contribution < 1.29 is 15.0 Å². The summed E-state index contributed by atoms with van der Waals surface area (Å²) >= 11 is 0. The Hall–Kier alpha value is -0.870. The van der Waals surface area contributed by atoms with Gasteiger partial charge in [0.2, 0.25) is 5.91 Å². The number of amides is 1. The Balaban J connectivity index is 3.70. The van der Waals surface area contributed by atoms with Crippen LogP contribution in [0.25, 0.3) is 0 Å². The molecule has 0 heterocycles. The molecular formula is C29H57NO3. The maximum absolute atomic E-state index is 12.2. The van der Waals surface area contributed by atoms with Gasteiger partial charge in [-0.3, -0.25) is 4.79 Å². The Labute approximate surface area is 206 Å². The van der Waals surface area contributed by atoms with E-state index < -0.39 is 12.1 Å². The lowest BCUT2D eigenvalue weighted by atomic mass is 10.0. The molecule has 0 aromatic heterocycles. The van der Waals surface area contributed by atoms with Gasteiger partial charge in [-0.1, -0.05) is 135 Å². The highest BCUT2D eigenvalue weighted by Gasteiger charge is 2.17. The van der Waals surface area contributed by atoms with Crippen molar-refractivity contribution in [3.63, 3.8) is 0 Å². The molecule has 0 rings (SSSR count). The number of nitrogens with one attached hydrogen (secondary N) is 1. The molecule has 0 saturated heterocycles. The Morgan fingerprint density at radius 2 is 1.12 bits per heavy atom. The number of unbranched alkanes of at least 4 members (excludes halogenated alkanes) is 18. The molecule has 0 aliphatic carbocycles. The SMILES string of the molecule is CCCCCCCCCC/C=C/[C@@H](O)[C@H](CO)NC(=O)CCCCCCCCCCCCC. The van der Waals surface area contributed by atoms with E-state index in [1.165, 1.54) is 103 Å². The second-order valence-corrected chi connectivity index (χ2v) is 9.82. The van der Waals surface area contributed by atoms with Crippen molar-refractivity contribution in [1.29, 1.82) is 0 Å². The third-order valence-corrected chi connectivity index (χ3v) is 6.52. The Morgan fingerprint density at radius 3 is 1.58 bits per heavy atom. The first-order chi connectivity index (χ1) is 16.2. The molecule has 4 heteroatoms. The van der Waals surface area contributed by atoms with Gasteiger partial charge in [0.25, 0.3) is 0 Å². The zero-order chi connectivity index (χ0) is 24.4. The smallest absolute Gasteiger partial charge is 0.220 e. The summed E-state index contributed by atoms with van der Waals surface area (Å²) in [5.74, 6) is -0.0690. The molecule has 0 aliphatic heterocycles. The van der Waals surface area contributed by atoms with Crippen LogP contribution in [0.2, 0.25) is 0 Å². The minimum Gasteiger partial charge on any atom is -0.394 e. The summed E-state index contributed by atoms with van der Waals surface area (Å²) in [5.41, 5.74) is 0. The summed E-state index contributed by atoms with van der Waals surface area (Å²) < 4.78 is 0. The largest absolute Gasteiger partial charge is 0.394 e. The lowest BCUT2D eigenvalue weighted by Crippen LogP contribution is -2.45. The summed E-state index contributed by atoms with van der Waals surface area (Å²) in [7, 11) is 0. The summed E-state index contributed by atoms with van der Waals surface area (Å²) in [6.45, 7) is 4.25. The number of carbonyl (C=O) groups excluding carboxylic acids is 1. The standard InChI is InChI=1S/C29H57NO3/c1-3-5-7-9-11-13-15-17-19-21-23-25-29(33)30-27(26-31)28(32)24-22-20-18-16-14-12-10-8-6-4-2/h22,24,27-28,31-32H,3-21,23,25-26H2,1-2H3,(H,30,33)/b24-22+/t27-,28+/m0/s1. The van der Waals surface area contributed by atoms with Gasteiger partial charge in [-0.15, -0.1) is 0 Å². The molecule has 0 saturated carbocycles. The summed E-state index contributed by atoms with van der Waals surface area (Å²) in [6.07, 6.45) is 28.5. The van der Waals surface area contributed by atoms with E-state index in [9.17, 15) is 15.0 Å². The van der Waals surface area contributed by atoms with Gasteiger partial charge in [-0.2, -0.15) is 0 Å². The average Bonchev–Trinajstić information content (AvgIpc) is 2.82. The van der Waals surface area contributed by atoms with Crippen LogP contribution in [0.5, 0.6) is 0 Å². The van der Waals surface area contributed by atoms with Gasteiger partial charge < -0.3 is 15.5 Å².